The third-order valence-corrected chi connectivity index (χ3v) is 4.84. The van der Waals surface area contributed by atoms with E-state index in [9.17, 15) is 4.79 Å². The SMILES string of the molecule is Cc1ccc(COc2ccc(C(=O)N/N=C/c3cccc4ccccc34)cc2)cc1. The van der Waals surface area contributed by atoms with Crippen molar-refractivity contribution in [3.8, 4) is 5.75 Å². The Kier molecular flexibility index (Phi) is 5.85. The topological polar surface area (TPSA) is 50.7 Å². The van der Waals surface area contributed by atoms with Gasteiger partial charge in [0.15, 0.2) is 0 Å². The maximum absolute atomic E-state index is 12.4. The standard InChI is InChI=1S/C26H22N2O2/c1-19-9-11-20(12-10-19)18-30-24-15-13-22(14-16-24)26(29)28-27-17-23-7-4-6-21-5-2-3-8-25(21)23/h2-17H,18H2,1H3,(H,28,29)/b27-17+. The van der Waals surface area contributed by atoms with E-state index in [1.54, 1.807) is 30.5 Å². The lowest BCUT2D eigenvalue weighted by Crippen LogP contribution is -2.17. The second kappa shape index (κ2) is 9.05. The van der Waals surface area contributed by atoms with Crippen LogP contribution in [-0.4, -0.2) is 12.1 Å². The van der Waals surface area contributed by atoms with Crippen LogP contribution >= 0.6 is 0 Å². The van der Waals surface area contributed by atoms with Gasteiger partial charge in [-0.3, -0.25) is 4.79 Å². The molecule has 1 N–H and O–H groups in total. The van der Waals surface area contributed by atoms with Crippen molar-refractivity contribution in [2.24, 2.45) is 5.10 Å². The van der Waals surface area contributed by atoms with Crippen molar-refractivity contribution < 1.29 is 9.53 Å². The van der Waals surface area contributed by atoms with Gasteiger partial charge in [-0.2, -0.15) is 5.10 Å². The fourth-order valence-corrected chi connectivity index (χ4v) is 3.14. The molecule has 1 amide bonds. The lowest BCUT2D eigenvalue weighted by Gasteiger charge is -2.07. The summed E-state index contributed by atoms with van der Waals surface area (Å²) >= 11 is 0. The summed E-state index contributed by atoms with van der Waals surface area (Å²) in [6.45, 7) is 2.54. The minimum absolute atomic E-state index is 0.267. The molecule has 4 aromatic carbocycles. The highest BCUT2D eigenvalue weighted by molar-refractivity contribution is 6.00. The van der Waals surface area contributed by atoms with Gasteiger partial charge < -0.3 is 4.74 Å². The molecule has 0 aliphatic heterocycles. The summed E-state index contributed by atoms with van der Waals surface area (Å²) in [6.07, 6.45) is 1.67. The van der Waals surface area contributed by atoms with Crippen LogP contribution in [0.25, 0.3) is 10.8 Å². The van der Waals surface area contributed by atoms with E-state index in [2.05, 4.69) is 29.6 Å². The monoisotopic (exact) mass is 394 g/mol. The molecule has 4 nitrogen and oxygen atoms in total. The van der Waals surface area contributed by atoms with Crippen LogP contribution < -0.4 is 10.2 Å². The number of ether oxygens (including phenoxy) is 1. The first kappa shape index (κ1) is 19.4. The van der Waals surface area contributed by atoms with Crippen LogP contribution in [-0.2, 0) is 6.61 Å². The average molecular weight is 394 g/mol. The molecule has 0 atom stereocenters. The molecule has 148 valence electrons. The maximum Gasteiger partial charge on any atom is 0.271 e. The zero-order valence-corrected chi connectivity index (χ0v) is 16.7. The Morgan fingerprint density at radius 3 is 2.43 bits per heavy atom. The molecule has 0 unspecified atom stereocenters. The number of amides is 1. The summed E-state index contributed by atoms with van der Waals surface area (Å²) in [5.74, 6) is 0.447. The molecule has 0 aromatic heterocycles. The van der Waals surface area contributed by atoms with Gasteiger partial charge in [0.1, 0.15) is 12.4 Å². The van der Waals surface area contributed by atoms with Gasteiger partial charge in [0.25, 0.3) is 5.91 Å². The van der Waals surface area contributed by atoms with E-state index in [0.717, 1.165) is 21.9 Å². The van der Waals surface area contributed by atoms with Crippen LogP contribution in [0.15, 0.2) is 96.1 Å². The van der Waals surface area contributed by atoms with Gasteiger partial charge in [0.05, 0.1) is 6.21 Å². The molecule has 0 bridgehead atoms. The summed E-state index contributed by atoms with van der Waals surface area (Å²) in [4.78, 5) is 12.4. The number of fused-ring (bicyclic) bond motifs is 1. The summed E-state index contributed by atoms with van der Waals surface area (Å²) < 4.78 is 5.79. The number of aryl methyl sites for hydroxylation is 1. The fourth-order valence-electron chi connectivity index (χ4n) is 3.14. The third kappa shape index (κ3) is 4.73. The van der Waals surface area contributed by atoms with Crippen LogP contribution in [0, 0.1) is 6.92 Å². The molecule has 0 spiro atoms. The van der Waals surface area contributed by atoms with Crippen molar-refractivity contribution >= 4 is 22.9 Å². The number of rotatable bonds is 6. The quantitative estimate of drug-likeness (QED) is 0.347. The summed E-state index contributed by atoms with van der Waals surface area (Å²) in [7, 11) is 0. The van der Waals surface area contributed by atoms with Crippen molar-refractivity contribution in [2.75, 3.05) is 0 Å². The van der Waals surface area contributed by atoms with E-state index >= 15 is 0 Å². The Morgan fingerprint density at radius 1 is 0.900 bits per heavy atom. The van der Waals surface area contributed by atoms with E-state index in [1.807, 2.05) is 54.6 Å². The molecule has 0 aliphatic rings. The molecule has 30 heavy (non-hydrogen) atoms. The number of hydrogen-bond donors (Lipinski definition) is 1. The Bertz CT molecular complexity index is 1170. The molecule has 0 aliphatic carbocycles. The molecule has 0 heterocycles. The Hall–Kier alpha value is -3.92. The molecule has 0 fully saturated rings. The van der Waals surface area contributed by atoms with Crippen LogP contribution in [0.5, 0.6) is 5.75 Å². The molecule has 4 heteroatoms. The highest BCUT2D eigenvalue weighted by Crippen LogP contribution is 2.17. The van der Waals surface area contributed by atoms with Crippen molar-refractivity contribution in [2.45, 2.75) is 13.5 Å². The molecule has 0 saturated heterocycles. The smallest absolute Gasteiger partial charge is 0.271 e. The van der Waals surface area contributed by atoms with Crippen molar-refractivity contribution in [1.82, 2.24) is 5.43 Å². The second-order valence-corrected chi connectivity index (χ2v) is 7.07. The van der Waals surface area contributed by atoms with Crippen LogP contribution in [0.4, 0.5) is 0 Å². The molecular weight excluding hydrogens is 372 g/mol. The summed E-state index contributed by atoms with van der Waals surface area (Å²) in [5, 5.41) is 6.34. The number of benzene rings is 4. The largest absolute Gasteiger partial charge is 0.489 e. The predicted molar refractivity (Wildman–Crippen MR) is 121 cm³/mol. The fraction of sp³-hybridized carbons (Fsp3) is 0.0769. The first-order valence-electron chi connectivity index (χ1n) is 9.79. The molecule has 0 radical (unpaired) electrons. The van der Waals surface area contributed by atoms with Crippen LogP contribution in [0.2, 0.25) is 0 Å². The first-order valence-corrected chi connectivity index (χ1v) is 9.79. The van der Waals surface area contributed by atoms with Gasteiger partial charge >= 0.3 is 0 Å². The number of carbonyl (C=O) groups is 1. The van der Waals surface area contributed by atoms with Gasteiger partial charge in [-0.25, -0.2) is 5.43 Å². The van der Waals surface area contributed by atoms with Crippen molar-refractivity contribution in [3.05, 3.63) is 113 Å². The number of hydrazone groups is 1. The molecule has 0 saturated carbocycles. The number of nitrogens with zero attached hydrogens (tertiary/aromatic N) is 1. The van der Waals surface area contributed by atoms with E-state index in [0.29, 0.717) is 17.9 Å². The van der Waals surface area contributed by atoms with E-state index in [4.69, 9.17) is 4.74 Å². The minimum atomic E-state index is -0.267. The average Bonchev–Trinajstić information content (AvgIpc) is 2.79. The minimum Gasteiger partial charge on any atom is -0.489 e. The van der Waals surface area contributed by atoms with E-state index in [1.165, 1.54) is 5.56 Å². The Morgan fingerprint density at radius 2 is 1.63 bits per heavy atom. The number of nitrogens with one attached hydrogen (secondary N) is 1. The second-order valence-electron chi connectivity index (χ2n) is 7.07. The predicted octanol–water partition coefficient (Wildman–Crippen LogP) is 5.49. The maximum atomic E-state index is 12.4. The van der Waals surface area contributed by atoms with Crippen molar-refractivity contribution in [3.63, 3.8) is 0 Å². The number of carbonyl (C=O) groups excluding carboxylic acids is 1. The van der Waals surface area contributed by atoms with Gasteiger partial charge in [-0.1, -0.05) is 72.3 Å². The summed E-state index contributed by atoms with van der Waals surface area (Å²) in [5.41, 5.74) is 6.38. The van der Waals surface area contributed by atoms with Gasteiger partial charge in [0, 0.05) is 11.1 Å². The normalized spacial score (nSPS) is 11.0. The highest BCUT2D eigenvalue weighted by atomic mass is 16.5. The van der Waals surface area contributed by atoms with Gasteiger partial charge in [-0.05, 0) is 47.5 Å². The zero-order chi connectivity index (χ0) is 20.8. The lowest BCUT2D eigenvalue weighted by molar-refractivity contribution is 0.0955. The van der Waals surface area contributed by atoms with E-state index < -0.39 is 0 Å². The zero-order valence-electron chi connectivity index (χ0n) is 16.7. The third-order valence-electron chi connectivity index (χ3n) is 4.84. The molecular formula is C26H22N2O2. The van der Waals surface area contributed by atoms with Gasteiger partial charge in [-0.15, -0.1) is 0 Å². The molecule has 4 aromatic rings. The lowest BCUT2D eigenvalue weighted by atomic mass is 10.1. The highest BCUT2D eigenvalue weighted by Gasteiger charge is 2.05. The van der Waals surface area contributed by atoms with Crippen LogP contribution in [0.3, 0.4) is 0 Å². The van der Waals surface area contributed by atoms with E-state index in [-0.39, 0.29) is 5.91 Å². The van der Waals surface area contributed by atoms with Crippen LogP contribution in [0.1, 0.15) is 27.0 Å². The summed E-state index contributed by atoms with van der Waals surface area (Å²) in [6, 6.07) is 29.3. The first-order chi connectivity index (χ1) is 14.7. The number of hydrogen-bond acceptors (Lipinski definition) is 3. The van der Waals surface area contributed by atoms with Gasteiger partial charge in [0.2, 0.25) is 0 Å². The van der Waals surface area contributed by atoms with Crippen molar-refractivity contribution in [1.29, 1.82) is 0 Å². The Labute approximate surface area is 175 Å². The Balaban J connectivity index is 1.35. The molecule has 4 rings (SSSR count).